The summed E-state index contributed by atoms with van der Waals surface area (Å²) in [7, 11) is 0. The summed E-state index contributed by atoms with van der Waals surface area (Å²) in [4.78, 5) is 12.4. The Morgan fingerprint density at radius 1 is 1.43 bits per heavy atom. The molecular formula is C16H28N4O. The van der Waals surface area contributed by atoms with Gasteiger partial charge in [-0.15, -0.1) is 0 Å². The van der Waals surface area contributed by atoms with Crippen LogP contribution in [0.15, 0.2) is 12.3 Å². The molecule has 2 rings (SSSR count). The van der Waals surface area contributed by atoms with Crippen molar-refractivity contribution in [3.63, 3.8) is 0 Å². The number of carbonyl (C=O) groups excluding carboxylic acids is 1. The molecule has 0 aliphatic heterocycles. The van der Waals surface area contributed by atoms with Gasteiger partial charge in [0.1, 0.15) is 5.82 Å². The molecule has 1 aromatic rings. The monoisotopic (exact) mass is 292 g/mol. The van der Waals surface area contributed by atoms with E-state index in [2.05, 4.69) is 17.3 Å². The average molecular weight is 292 g/mol. The zero-order valence-electron chi connectivity index (χ0n) is 13.1. The SMILES string of the molecule is CCCCn1nccc1NC(=O)CC1(CN)CCCCC1. The predicted molar refractivity (Wildman–Crippen MR) is 85.0 cm³/mol. The summed E-state index contributed by atoms with van der Waals surface area (Å²) < 4.78 is 1.87. The van der Waals surface area contributed by atoms with Crippen LogP contribution in [-0.4, -0.2) is 22.2 Å². The number of hydrogen-bond acceptors (Lipinski definition) is 3. The predicted octanol–water partition coefficient (Wildman–Crippen LogP) is 2.92. The normalized spacial score (nSPS) is 17.6. The fourth-order valence-electron chi connectivity index (χ4n) is 3.21. The molecule has 1 saturated carbocycles. The molecule has 0 aromatic carbocycles. The molecule has 21 heavy (non-hydrogen) atoms. The van der Waals surface area contributed by atoms with E-state index in [4.69, 9.17) is 5.73 Å². The van der Waals surface area contributed by atoms with Crippen molar-refractivity contribution in [2.45, 2.75) is 64.8 Å². The molecule has 1 aliphatic rings. The van der Waals surface area contributed by atoms with Crippen LogP contribution in [0.4, 0.5) is 5.82 Å². The smallest absolute Gasteiger partial charge is 0.226 e. The molecule has 5 nitrogen and oxygen atoms in total. The van der Waals surface area contributed by atoms with Gasteiger partial charge in [-0.1, -0.05) is 32.6 Å². The van der Waals surface area contributed by atoms with E-state index >= 15 is 0 Å². The third kappa shape index (κ3) is 4.30. The first-order valence-corrected chi connectivity index (χ1v) is 8.21. The van der Waals surface area contributed by atoms with Gasteiger partial charge < -0.3 is 11.1 Å². The highest BCUT2D eigenvalue weighted by Crippen LogP contribution is 2.38. The molecule has 1 amide bonds. The fourth-order valence-corrected chi connectivity index (χ4v) is 3.21. The van der Waals surface area contributed by atoms with Crippen molar-refractivity contribution in [1.82, 2.24) is 9.78 Å². The maximum absolute atomic E-state index is 12.4. The average Bonchev–Trinajstić information content (AvgIpc) is 2.93. The van der Waals surface area contributed by atoms with E-state index < -0.39 is 0 Å². The minimum Gasteiger partial charge on any atom is -0.330 e. The number of aromatic nitrogens is 2. The van der Waals surface area contributed by atoms with Crippen LogP contribution in [0.3, 0.4) is 0 Å². The summed E-state index contributed by atoms with van der Waals surface area (Å²) in [6.07, 6.45) is 10.3. The van der Waals surface area contributed by atoms with E-state index in [1.807, 2.05) is 10.7 Å². The number of amides is 1. The molecule has 1 aliphatic carbocycles. The van der Waals surface area contributed by atoms with E-state index in [0.29, 0.717) is 13.0 Å². The van der Waals surface area contributed by atoms with E-state index in [-0.39, 0.29) is 11.3 Å². The van der Waals surface area contributed by atoms with Crippen LogP contribution >= 0.6 is 0 Å². The van der Waals surface area contributed by atoms with E-state index in [0.717, 1.165) is 38.0 Å². The molecule has 0 spiro atoms. The third-order valence-electron chi connectivity index (χ3n) is 4.59. The summed E-state index contributed by atoms with van der Waals surface area (Å²) in [6, 6.07) is 1.86. The maximum atomic E-state index is 12.4. The molecule has 0 saturated heterocycles. The Morgan fingerprint density at radius 2 is 2.19 bits per heavy atom. The molecular weight excluding hydrogens is 264 g/mol. The van der Waals surface area contributed by atoms with Gasteiger partial charge in [-0.2, -0.15) is 5.10 Å². The number of anilines is 1. The van der Waals surface area contributed by atoms with E-state index in [1.165, 1.54) is 19.3 Å². The molecule has 0 atom stereocenters. The van der Waals surface area contributed by atoms with Crippen molar-refractivity contribution in [2.75, 3.05) is 11.9 Å². The number of aryl methyl sites for hydroxylation is 1. The van der Waals surface area contributed by atoms with Gasteiger partial charge in [0, 0.05) is 19.0 Å². The third-order valence-corrected chi connectivity index (χ3v) is 4.59. The van der Waals surface area contributed by atoms with Gasteiger partial charge in [0.15, 0.2) is 0 Å². The zero-order chi connectivity index (χ0) is 15.1. The van der Waals surface area contributed by atoms with Gasteiger partial charge in [0.05, 0.1) is 6.20 Å². The van der Waals surface area contributed by atoms with Crippen LogP contribution in [0.5, 0.6) is 0 Å². The highest BCUT2D eigenvalue weighted by molar-refractivity contribution is 5.90. The topological polar surface area (TPSA) is 72.9 Å². The van der Waals surface area contributed by atoms with Crippen LogP contribution in [0, 0.1) is 5.41 Å². The summed E-state index contributed by atoms with van der Waals surface area (Å²) in [6.45, 7) is 3.60. The largest absolute Gasteiger partial charge is 0.330 e. The Labute approximate surface area is 127 Å². The van der Waals surface area contributed by atoms with Gasteiger partial charge in [-0.05, 0) is 31.2 Å². The van der Waals surface area contributed by atoms with Crippen molar-refractivity contribution >= 4 is 11.7 Å². The molecule has 1 heterocycles. The van der Waals surface area contributed by atoms with Gasteiger partial charge >= 0.3 is 0 Å². The molecule has 5 heteroatoms. The number of unbranched alkanes of at least 4 members (excludes halogenated alkanes) is 1. The summed E-state index contributed by atoms with van der Waals surface area (Å²) >= 11 is 0. The van der Waals surface area contributed by atoms with Crippen LogP contribution in [0.1, 0.15) is 58.3 Å². The number of nitrogens with one attached hydrogen (secondary N) is 1. The van der Waals surface area contributed by atoms with Crippen molar-refractivity contribution in [3.8, 4) is 0 Å². The Kier molecular flexibility index (Phi) is 5.79. The number of nitrogens with zero attached hydrogens (tertiary/aromatic N) is 2. The fraction of sp³-hybridized carbons (Fsp3) is 0.750. The van der Waals surface area contributed by atoms with Gasteiger partial charge in [0.25, 0.3) is 0 Å². The zero-order valence-corrected chi connectivity index (χ0v) is 13.1. The summed E-state index contributed by atoms with van der Waals surface area (Å²) in [5.74, 6) is 0.872. The highest BCUT2D eigenvalue weighted by Gasteiger charge is 2.33. The molecule has 3 N–H and O–H groups in total. The number of nitrogens with two attached hydrogens (primary N) is 1. The molecule has 0 bridgehead atoms. The minimum absolute atomic E-state index is 0.0105. The van der Waals surface area contributed by atoms with Crippen molar-refractivity contribution in [1.29, 1.82) is 0 Å². The molecule has 118 valence electrons. The maximum Gasteiger partial charge on any atom is 0.226 e. The lowest BCUT2D eigenvalue weighted by Gasteiger charge is -2.35. The summed E-state index contributed by atoms with van der Waals surface area (Å²) in [5, 5.41) is 7.28. The molecule has 1 aromatic heterocycles. The first-order valence-electron chi connectivity index (χ1n) is 8.21. The number of carbonyl (C=O) groups is 1. The Bertz CT molecular complexity index is 449. The molecule has 0 radical (unpaired) electrons. The van der Waals surface area contributed by atoms with Crippen LogP contribution in [-0.2, 0) is 11.3 Å². The first kappa shape index (κ1) is 16.0. The van der Waals surface area contributed by atoms with Crippen molar-refractivity contribution in [2.24, 2.45) is 11.1 Å². The second kappa shape index (κ2) is 7.59. The number of hydrogen-bond donors (Lipinski definition) is 2. The number of rotatable bonds is 7. The lowest BCUT2D eigenvalue weighted by atomic mass is 9.71. The lowest BCUT2D eigenvalue weighted by molar-refractivity contribution is -0.118. The lowest BCUT2D eigenvalue weighted by Crippen LogP contribution is -2.36. The minimum atomic E-state index is 0.0105. The molecule has 1 fully saturated rings. The molecule has 0 unspecified atom stereocenters. The second-order valence-electron chi connectivity index (χ2n) is 6.28. The van der Waals surface area contributed by atoms with Gasteiger partial charge in [-0.3, -0.25) is 4.79 Å². The quantitative estimate of drug-likeness (QED) is 0.811. The van der Waals surface area contributed by atoms with Crippen LogP contribution < -0.4 is 11.1 Å². The second-order valence-corrected chi connectivity index (χ2v) is 6.28. The summed E-state index contributed by atoms with van der Waals surface area (Å²) in [5.41, 5.74) is 5.97. The van der Waals surface area contributed by atoms with Crippen LogP contribution in [0.25, 0.3) is 0 Å². The highest BCUT2D eigenvalue weighted by atomic mass is 16.1. The van der Waals surface area contributed by atoms with Crippen molar-refractivity contribution in [3.05, 3.63) is 12.3 Å². The standard InChI is InChI=1S/C16H28N4O/c1-2-3-11-20-14(7-10-18-20)19-15(21)12-16(13-17)8-5-4-6-9-16/h7,10H,2-6,8-9,11-13,17H2,1H3,(H,19,21). The Balaban J connectivity index is 1.93. The van der Waals surface area contributed by atoms with E-state index in [9.17, 15) is 4.79 Å². The van der Waals surface area contributed by atoms with Gasteiger partial charge in [-0.25, -0.2) is 4.68 Å². The Hall–Kier alpha value is -1.36. The van der Waals surface area contributed by atoms with Crippen molar-refractivity contribution < 1.29 is 4.79 Å². The first-order chi connectivity index (χ1) is 10.2. The van der Waals surface area contributed by atoms with Crippen LogP contribution in [0.2, 0.25) is 0 Å². The van der Waals surface area contributed by atoms with E-state index in [1.54, 1.807) is 6.20 Å². The Morgan fingerprint density at radius 3 is 2.86 bits per heavy atom. The van der Waals surface area contributed by atoms with Gasteiger partial charge in [0.2, 0.25) is 5.91 Å².